The molecule has 5 nitrogen and oxygen atoms in total. The predicted octanol–water partition coefficient (Wildman–Crippen LogP) is 4.54. The molecule has 0 unspecified atom stereocenters. The van der Waals surface area contributed by atoms with Crippen molar-refractivity contribution in [1.29, 1.82) is 0 Å². The van der Waals surface area contributed by atoms with E-state index in [9.17, 15) is 0 Å². The van der Waals surface area contributed by atoms with Crippen molar-refractivity contribution < 1.29 is 4.74 Å². The molecular formula is C20H20N4OS. The van der Waals surface area contributed by atoms with Gasteiger partial charge < -0.3 is 14.6 Å². The Morgan fingerprint density at radius 1 is 1.12 bits per heavy atom. The smallest absolute Gasteiger partial charge is 0.186 e. The quantitative estimate of drug-likeness (QED) is 0.546. The molecule has 6 heteroatoms. The number of hydrogen-bond acceptors (Lipinski definition) is 5. The molecular weight excluding hydrogens is 344 g/mol. The zero-order valence-corrected chi connectivity index (χ0v) is 15.6. The molecule has 0 atom stereocenters. The summed E-state index contributed by atoms with van der Waals surface area (Å²) in [6, 6.07) is 14.5. The Morgan fingerprint density at radius 3 is 2.73 bits per heavy atom. The zero-order valence-electron chi connectivity index (χ0n) is 14.8. The number of nitrogens with zero attached hydrogens (tertiary/aromatic N) is 3. The lowest BCUT2D eigenvalue weighted by molar-refractivity contribution is 0.414. The molecule has 4 rings (SSSR count). The topological polar surface area (TPSA) is 54.0 Å². The van der Waals surface area contributed by atoms with Crippen molar-refractivity contribution in [2.75, 3.05) is 12.0 Å². The largest absolute Gasteiger partial charge is 0.497 e. The van der Waals surface area contributed by atoms with E-state index in [1.54, 1.807) is 24.8 Å². The summed E-state index contributed by atoms with van der Waals surface area (Å²) >= 11 is 1.67. The van der Waals surface area contributed by atoms with Crippen LogP contribution >= 0.6 is 11.3 Å². The average Bonchev–Trinajstić information content (AvgIpc) is 3.29. The molecule has 132 valence electrons. The fourth-order valence-corrected chi connectivity index (χ4v) is 3.77. The van der Waals surface area contributed by atoms with E-state index in [2.05, 4.69) is 50.6 Å². The molecule has 0 aliphatic heterocycles. The lowest BCUT2D eigenvalue weighted by Crippen LogP contribution is -2.22. The van der Waals surface area contributed by atoms with E-state index in [4.69, 9.17) is 9.72 Å². The second-order valence-electron chi connectivity index (χ2n) is 6.23. The van der Waals surface area contributed by atoms with Crippen molar-refractivity contribution in [2.24, 2.45) is 0 Å². The lowest BCUT2D eigenvalue weighted by atomic mass is 10.1. The Morgan fingerprint density at radius 2 is 1.96 bits per heavy atom. The number of ether oxygens (including phenoxy) is 1. The van der Waals surface area contributed by atoms with Gasteiger partial charge in [-0.1, -0.05) is 18.2 Å². The summed E-state index contributed by atoms with van der Waals surface area (Å²) in [5.41, 5.74) is 5.50. The summed E-state index contributed by atoms with van der Waals surface area (Å²) in [4.78, 5) is 14.5. The van der Waals surface area contributed by atoms with Crippen LogP contribution in [0.1, 0.15) is 16.8 Å². The van der Waals surface area contributed by atoms with E-state index in [1.807, 2.05) is 19.1 Å². The third-order valence-electron chi connectivity index (χ3n) is 4.24. The van der Waals surface area contributed by atoms with Crippen molar-refractivity contribution in [2.45, 2.75) is 20.0 Å². The fraction of sp³-hybridized carbons (Fsp3) is 0.200. The van der Waals surface area contributed by atoms with Gasteiger partial charge in [-0.15, -0.1) is 11.3 Å². The summed E-state index contributed by atoms with van der Waals surface area (Å²) in [7, 11) is 1.70. The number of imidazole rings is 1. The number of aryl methyl sites for hydroxylation is 1. The van der Waals surface area contributed by atoms with Crippen LogP contribution in [0, 0.1) is 6.92 Å². The normalized spacial score (nSPS) is 11.0. The van der Waals surface area contributed by atoms with E-state index in [0.29, 0.717) is 0 Å². The van der Waals surface area contributed by atoms with Gasteiger partial charge in [0, 0.05) is 18.5 Å². The van der Waals surface area contributed by atoms with E-state index in [0.717, 1.165) is 40.7 Å². The summed E-state index contributed by atoms with van der Waals surface area (Å²) < 4.78 is 5.36. The summed E-state index contributed by atoms with van der Waals surface area (Å²) in [5.74, 6) is 0.872. The van der Waals surface area contributed by atoms with Crippen LogP contribution in [0.3, 0.4) is 0 Å². The van der Waals surface area contributed by atoms with Gasteiger partial charge in [-0.05, 0) is 42.3 Å². The number of H-pyrrole nitrogens is 1. The lowest BCUT2D eigenvalue weighted by Gasteiger charge is -2.22. The highest BCUT2D eigenvalue weighted by Crippen LogP contribution is 2.26. The predicted molar refractivity (Wildman–Crippen MR) is 106 cm³/mol. The average molecular weight is 364 g/mol. The van der Waals surface area contributed by atoms with Crippen LogP contribution in [0.15, 0.2) is 54.2 Å². The highest BCUT2D eigenvalue weighted by atomic mass is 32.1. The molecule has 0 radical (unpaired) electrons. The maximum Gasteiger partial charge on any atom is 0.186 e. The standard InChI is InChI=1S/C20H20N4OS/c1-14-12-26-20(23-14)24(10-15-4-3-5-17(8-15)25-2)11-16-6-7-18-19(9-16)22-13-21-18/h3-9,12-13H,10-11H2,1-2H3,(H,21,22). The van der Waals surface area contributed by atoms with E-state index < -0.39 is 0 Å². The van der Waals surface area contributed by atoms with Gasteiger partial charge in [-0.3, -0.25) is 0 Å². The maximum absolute atomic E-state index is 5.36. The van der Waals surface area contributed by atoms with Crippen LogP contribution in [-0.2, 0) is 13.1 Å². The van der Waals surface area contributed by atoms with Gasteiger partial charge >= 0.3 is 0 Å². The molecule has 4 aromatic rings. The van der Waals surface area contributed by atoms with Gasteiger partial charge in [0.05, 0.1) is 30.2 Å². The van der Waals surface area contributed by atoms with Crippen molar-refractivity contribution in [1.82, 2.24) is 15.0 Å². The molecule has 26 heavy (non-hydrogen) atoms. The molecule has 0 amide bonds. The number of fused-ring (bicyclic) bond motifs is 1. The van der Waals surface area contributed by atoms with Gasteiger partial charge in [-0.25, -0.2) is 9.97 Å². The number of anilines is 1. The number of methoxy groups -OCH3 is 1. The first-order chi connectivity index (χ1) is 12.7. The summed E-state index contributed by atoms with van der Waals surface area (Å²) in [5, 5.41) is 3.11. The second kappa shape index (κ2) is 7.17. The molecule has 0 aliphatic carbocycles. The monoisotopic (exact) mass is 364 g/mol. The molecule has 0 saturated carbocycles. The third-order valence-corrected chi connectivity index (χ3v) is 5.26. The zero-order chi connectivity index (χ0) is 17.9. The first kappa shape index (κ1) is 16.6. The van der Waals surface area contributed by atoms with Gasteiger partial charge in [-0.2, -0.15) is 0 Å². The Labute approximate surface area is 156 Å². The van der Waals surface area contributed by atoms with Crippen LogP contribution in [-0.4, -0.2) is 22.1 Å². The molecule has 2 aromatic carbocycles. The Balaban J connectivity index is 1.63. The molecule has 0 saturated heterocycles. The summed E-state index contributed by atoms with van der Waals surface area (Å²) in [6.07, 6.45) is 1.73. The van der Waals surface area contributed by atoms with E-state index in [-0.39, 0.29) is 0 Å². The number of nitrogens with one attached hydrogen (secondary N) is 1. The number of aromatic nitrogens is 3. The minimum Gasteiger partial charge on any atom is -0.497 e. The van der Waals surface area contributed by atoms with Crippen molar-refractivity contribution in [3.8, 4) is 5.75 Å². The number of hydrogen-bond donors (Lipinski definition) is 1. The van der Waals surface area contributed by atoms with Gasteiger partial charge in [0.1, 0.15) is 5.75 Å². The molecule has 2 aromatic heterocycles. The van der Waals surface area contributed by atoms with Crippen LogP contribution in [0.25, 0.3) is 11.0 Å². The maximum atomic E-state index is 5.36. The Hall–Kier alpha value is -2.86. The Kier molecular flexibility index (Phi) is 4.58. The van der Waals surface area contributed by atoms with E-state index in [1.165, 1.54) is 11.1 Å². The van der Waals surface area contributed by atoms with E-state index >= 15 is 0 Å². The number of aromatic amines is 1. The highest BCUT2D eigenvalue weighted by Gasteiger charge is 2.13. The van der Waals surface area contributed by atoms with Crippen molar-refractivity contribution in [3.05, 3.63) is 71.0 Å². The third kappa shape index (κ3) is 3.55. The molecule has 2 heterocycles. The molecule has 0 fully saturated rings. The van der Waals surface area contributed by atoms with Crippen LogP contribution in [0.2, 0.25) is 0 Å². The fourth-order valence-electron chi connectivity index (χ4n) is 2.97. The van der Waals surface area contributed by atoms with Crippen molar-refractivity contribution in [3.63, 3.8) is 0 Å². The van der Waals surface area contributed by atoms with Crippen molar-refractivity contribution >= 4 is 27.5 Å². The first-order valence-electron chi connectivity index (χ1n) is 8.43. The highest BCUT2D eigenvalue weighted by molar-refractivity contribution is 7.13. The van der Waals surface area contributed by atoms with Gasteiger partial charge in [0.2, 0.25) is 0 Å². The SMILES string of the molecule is COc1cccc(CN(Cc2ccc3nc[nH]c3c2)c2nc(C)cs2)c1. The number of benzene rings is 2. The summed E-state index contributed by atoms with van der Waals surface area (Å²) in [6.45, 7) is 3.57. The number of rotatable bonds is 6. The second-order valence-corrected chi connectivity index (χ2v) is 7.07. The molecule has 0 aliphatic rings. The Bertz CT molecular complexity index is 1020. The minimum absolute atomic E-state index is 0.769. The van der Waals surface area contributed by atoms with Gasteiger partial charge in [0.25, 0.3) is 0 Å². The van der Waals surface area contributed by atoms with Crippen LogP contribution in [0.5, 0.6) is 5.75 Å². The minimum atomic E-state index is 0.769. The number of thiazole rings is 1. The molecule has 0 bridgehead atoms. The molecule has 0 spiro atoms. The van der Waals surface area contributed by atoms with Gasteiger partial charge in [0.15, 0.2) is 5.13 Å². The molecule has 1 N–H and O–H groups in total. The van der Waals surface area contributed by atoms with Crippen LogP contribution in [0.4, 0.5) is 5.13 Å². The first-order valence-corrected chi connectivity index (χ1v) is 9.31. The van der Waals surface area contributed by atoms with Crippen LogP contribution < -0.4 is 9.64 Å².